The summed E-state index contributed by atoms with van der Waals surface area (Å²) in [5.74, 6) is 0. The van der Waals surface area contributed by atoms with Crippen molar-refractivity contribution >= 4 is 71.6 Å². The number of hydrogen-bond donors (Lipinski definition) is 0. The van der Waals surface area contributed by atoms with Crippen LogP contribution in [0.1, 0.15) is 0 Å². The van der Waals surface area contributed by atoms with Gasteiger partial charge < -0.3 is 13.9 Å². The van der Waals surface area contributed by atoms with Crippen molar-refractivity contribution in [2.45, 2.75) is 0 Å². The van der Waals surface area contributed by atoms with E-state index in [-0.39, 0.29) is 0 Å². The Bertz CT molecular complexity index is 3970. The first-order valence-electron chi connectivity index (χ1n) is 22.9. The van der Waals surface area contributed by atoms with Gasteiger partial charge in [-0.2, -0.15) is 0 Å². The molecule has 0 amide bonds. The van der Waals surface area contributed by atoms with Gasteiger partial charge in [0.2, 0.25) is 0 Å². The molecule has 0 fully saturated rings. The van der Waals surface area contributed by atoms with Crippen LogP contribution in [-0.4, -0.2) is 4.57 Å². The normalized spacial score (nSPS) is 11.6. The molecule has 13 aromatic rings. The maximum atomic E-state index is 6.52. The van der Waals surface area contributed by atoms with Crippen molar-refractivity contribution in [2.24, 2.45) is 0 Å². The number of fused-ring (bicyclic) bond motifs is 7. The monoisotopic (exact) mass is 854 g/mol. The second-order valence-electron chi connectivity index (χ2n) is 17.2. The van der Waals surface area contributed by atoms with Gasteiger partial charge in [0.15, 0.2) is 0 Å². The summed E-state index contributed by atoms with van der Waals surface area (Å²) >= 11 is 0. The molecule has 3 nitrogen and oxygen atoms in total. The van der Waals surface area contributed by atoms with Gasteiger partial charge in [-0.15, -0.1) is 0 Å². The van der Waals surface area contributed by atoms with Crippen LogP contribution < -0.4 is 4.90 Å². The molecule has 0 aliphatic carbocycles. The Labute approximate surface area is 388 Å². The summed E-state index contributed by atoms with van der Waals surface area (Å²) in [5, 5.41) is 7.14. The SMILES string of the molecule is c1ccc(-c2cccc3cccc(-c4ccccc4N(c4ccc(-c5cccc6c5oc5ccccc56)cc4)c4cccc(-c5cccc6c5c5ccccc5n6-c5ccccc5)c4)c23)cc1. The van der Waals surface area contributed by atoms with E-state index in [1.165, 1.54) is 54.8 Å². The van der Waals surface area contributed by atoms with Gasteiger partial charge in [0.1, 0.15) is 11.2 Å². The number of benzene rings is 11. The van der Waals surface area contributed by atoms with Gasteiger partial charge in [-0.05, 0) is 105 Å². The third-order valence-electron chi connectivity index (χ3n) is 13.4. The fourth-order valence-electron chi connectivity index (χ4n) is 10.4. The number of furan rings is 1. The van der Waals surface area contributed by atoms with E-state index in [2.05, 4.69) is 252 Å². The van der Waals surface area contributed by atoms with E-state index >= 15 is 0 Å². The van der Waals surface area contributed by atoms with Crippen molar-refractivity contribution in [1.82, 2.24) is 4.57 Å². The van der Waals surface area contributed by atoms with E-state index in [0.29, 0.717) is 0 Å². The van der Waals surface area contributed by atoms with Crippen LogP contribution in [-0.2, 0) is 0 Å². The van der Waals surface area contributed by atoms with Gasteiger partial charge in [0, 0.05) is 49.7 Å². The van der Waals surface area contributed by atoms with Gasteiger partial charge in [0.25, 0.3) is 0 Å². The topological polar surface area (TPSA) is 21.3 Å². The van der Waals surface area contributed by atoms with E-state index in [4.69, 9.17) is 4.42 Å². The van der Waals surface area contributed by atoms with Crippen LogP contribution in [0.25, 0.3) is 105 Å². The van der Waals surface area contributed by atoms with Crippen LogP contribution in [0.2, 0.25) is 0 Å². The molecule has 0 saturated heterocycles. The van der Waals surface area contributed by atoms with Crippen LogP contribution in [0.4, 0.5) is 17.1 Å². The second-order valence-corrected chi connectivity index (χ2v) is 17.2. The standard InChI is InChI=1S/C64H42N2O/c1-3-18-43(19-4-1)50-29-14-20-45-21-15-32-55(62(45)50)53-26-7-10-34-58(53)65(48-40-38-44(39-41-48)52-31-16-33-56-54-27-9-12-37-61(54)67-64(52)56)49-25-13-22-46(42-49)51-30-17-36-60-63(51)57-28-8-11-35-59(57)66(60)47-23-5-2-6-24-47/h1-42H. The number of para-hydroxylation sites is 5. The molecule has 2 heterocycles. The van der Waals surface area contributed by atoms with Crippen LogP contribution in [0.3, 0.4) is 0 Å². The molecule has 0 spiro atoms. The van der Waals surface area contributed by atoms with Gasteiger partial charge in [0.05, 0.1) is 16.7 Å². The molecular weight excluding hydrogens is 813 g/mol. The van der Waals surface area contributed by atoms with E-state index < -0.39 is 0 Å². The van der Waals surface area contributed by atoms with E-state index in [9.17, 15) is 0 Å². The molecule has 67 heavy (non-hydrogen) atoms. The molecule has 13 rings (SSSR count). The minimum Gasteiger partial charge on any atom is -0.455 e. The maximum Gasteiger partial charge on any atom is 0.143 e. The van der Waals surface area contributed by atoms with E-state index in [1.54, 1.807) is 0 Å². The lowest BCUT2D eigenvalue weighted by Crippen LogP contribution is -2.11. The van der Waals surface area contributed by atoms with E-state index in [1.807, 2.05) is 12.1 Å². The molecule has 0 saturated carbocycles. The molecule has 11 aromatic carbocycles. The number of nitrogens with zero attached hydrogens (tertiary/aromatic N) is 2. The van der Waals surface area contributed by atoms with Gasteiger partial charge in [-0.3, -0.25) is 0 Å². The van der Waals surface area contributed by atoms with Gasteiger partial charge in [-0.25, -0.2) is 0 Å². The highest BCUT2D eigenvalue weighted by Gasteiger charge is 2.22. The molecule has 314 valence electrons. The molecule has 3 heteroatoms. The van der Waals surface area contributed by atoms with Crippen molar-refractivity contribution in [2.75, 3.05) is 4.90 Å². The van der Waals surface area contributed by atoms with Crippen LogP contribution in [0, 0.1) is 0 Å². The first-order chi connectivity index (χ1) is 33.3. The Morgan fingerprint density at radius 3 is 1.73 bits per heavy atom. The molecule has 0 N–H and O–H groups in total. The third-order valence-corrected chi connectivity index (χ3v) is 13.4. The summed E-state index contributed by atoms with van der Waals surface area (Å²) < 4.78 is 8.91. The minimum atomic E-state index is 0.897. The summed E-state index contributed by atoms with van der Waals surface area (Å²) in [7, 11) is 0. The van der Waals surface area contributed by atoms with Crippen molar-refractivity contribution in [1.29, 1.82) is 0 Å². The van der Waals surface area contributed by atoms with Gasteiger partial charge in [-0.1, -0.05) is 194 Å². The third kappa shape index (κ3) is 6.43. The Kier molecular flexibility index (Phi) is 9.17. The molecule has 0 bridgehead atoms. The average molecular weight is 855 g/mol. The first-order valence-corrected chi connectivity index (χ1v) is 22.9. The predicted octanol–water partition coefficient (Wildman–Crippen LogP) is 18.0. The van der Waals surface area contributed by atoms with Crippen molar-refractivity contribution in [3.8, 4) is 50.2 Å². The average Bonchev–Trinajstić information content (AvgIpc) is 3.96. The summed E-state index contributed by atoms with van der Waals surface area (Å²) in [6, 6.07) is 91.9. The molecular formula is C64H42N2O. The lowest BCUT2D eigenvalue weighted by atomic mass is 9.90. The van der Waals surface area contributed by atoms with Crippen LogP contribution in [0.5, 0.6) is 0 Å². The summed E-state index contributed by atoms with van der Waals surface area (Å²) in [5.41, 5.74) is 17.7. The fraction of sp³-hybridized carbons (Fsp3) is 0. The highest BCUT2D eigenvalue weighted by molar-refractivity contribution is 6.16. The zero-order valence-electron chi connectivity index (χ0n) is 36.6. The maximum absolute atomic E-state index is 6.52. The summed E-state index contributed by atoms with van der Waals surface area (Å²) in [6.07, 6.45) is 0. The highest BCUT2D eigenvalue weighted by atomic mass is 16.3. The Hall–Kier alpha value is -8.92. The molecule has 2 aromatic heterocycles. The van der Waals surface area contributed by atoms with Crippen LogP contribution in [0.15, 0.2) is 259 Å². The predicted molar refractivity (Wildman–Crippen MR) is 282 cm³/mol. The molecule has 0 radical (unpaired) electrons. The Morgan fingerprint density at radius 2 is 0.896 bits per heavy atom. The van der Waals surface area contributed by atoms with Crippen molar-refractivity contribution < 1.29 is 4.42 Å². The quantitative estimate of drug-likeness (QED) is 0.152. The summed E-state index contributed by atoms with van der Waals surface area (Å²) in [4.78, 5) is 2.43. The second kappa shape index (κ2) is 16.0. The van der Waals surface area contributed by atoms with Gasteiger partial charge >= 0.3 is 0 Å². The largest absolute Gasteiger partial charge is 0.455 e. The highest BCUT2D eigenvalue weighted by Crippen LogP contribution is 2.47. The smallest absolute Gasteiger partial charge is 0.143 e. The lowest BCUT2D eigenvalue weighted by molar-refractivity contribution is 0.670. The fourth-order valence-corrected chi connectivity index (χ4v) is 10.4. The molecule has 0 unspecified atom stereocenters. The number of anilines is 3. The Balaban J connectivity index is 1.02. The first kappa shape index (κ1) is 38.5. The lowest BCUT2D eigenvalue weighted by Gasteiger charge is -2.29. The zero-order chi connectivity index (χ0) is 44.3. The van der Waals surface area contributed by atoms with Crippen LogP contribution >= 0.6 is 0 Å². The number of rotatable bonds is 8. The zero-order valence-corrected chi connectivity index (χ0v) is 36.6. The van der Waals surface area contributed by atoms with Crippen molar-refractivity contribution in [3.63, 3.8) is 0 Å². The van der Waals surface area contributed by atoms with E-state index in [0.717, 1.165) is 66.9 Å². The van der Waals surface area contributed by atoms with Crippen molar-refractivity contribution in [3.05, 3.63) is 255 Å². The number of aromatic nitrogens is 1. The molecule has 0 aliphatic rings. The number of hydrogen-bond acceptors (Lipinski definition) is 2. The summed E-state index contributed by atoms with van der Waals surface area (Å²) in [6.45, 7) is 0. The molecule has 0 aliphatic heterocycles. The minimum absolute atomic E-state index is 0.897. The Morgan fingerprint density at radius 1 is 0.328 bits per heavy atom. The molecule has 0 atom stereocenters.